The molecular formula is C18H15Cl2N3O3. The smallest absolute Gasteiger partial charge is 0.351 e. The van der Waals surface area contributed by atoms with Crippen LogP contribution in [0.15, 0.2) is 53.3 Å². The Labute approximate surface area is 159 Å². The second kappa shape index (κ2) is 7.76. The molecule has 26 heavy (non-hydrogen) atoms. The third-order valence-corrected chi connectivity index (χ3v) is 4.00. The molecule has 134 valence electrons. The first kappa shape index (κ1) is 18.2. The standard InChI is InChI=1S/C18H15Cl2N3O3/c1-2-26-16(24)11-22-18(25)23(15-9-13(19)8-14(20)10-15)17(21-22)12-6-4-3-5-7-12/h3-10H,2,11H2,1H3. The van der Waals surface area contributed by atoms with Crippen molar-refractivity contribution in [3.8, 4) is 17.1 Å². The van der Waals surface area contributed by atoms with Crippen molar-refractivity contribution in [3.05, 3.63) is 69.1 Å². The predicted octanol–water partition coefficient (Wildman–Crippen LogP) is 3.57. The molecule has 6 nitrogen and oxygen atoms in total. The molecule has 0 spiro atoms. The van der Waals surface area contributed by atoms with Crippen LogP contribution in [0.5, 0.6) is 0 Å². The van der Waals surface area contributed by atoms with Gasteiger partial charge in [0.05, 0.1) is 12.3 Å². The average Bonchev–Trinajstić information content (AvgIpc) is 2.91. The number of halogens is 2. The van der Waals surface area contributed by atoms with Crippen LogP contribution >= 0.6 is 23.2 Å². The van der Waals surface area contributed by atoms with Gasteiger partial charge in [0.15, 0.2) is 5.82 Å². The van der Waals surface area contributed by atoms with Gasteiger partial charge in [0.2, 0.25) is 0 Å². The van der Waals surface area contributed by atoms with E-state index in [4.69, 9.17) is 27.9 Å². The molecule has 3 rings (SSSR count). The van der Waals surface area contributed by atoms with Crippen LogP contribution in [-0.4, -0.2) is 26.9 Å². The maximum Gasteiger partial charge on any atom is 0.351 e. The Kier molecular flexibility index (Phi) is 5.44. The molecule has 0 bridgehead atoms. The summed E-state index contributed by atoms with van der Waals surface area (Å²) in [5.41, 5.74) is 0.681. The zero-order valence-electron chi connectivity index (χ0n) is 13.9. The highest BCUT2D eigenvalue weighted by atomic mass is 35.5. The number of carbonyl (C=O) groups excluding carboxylic acids is 1. The fourth-order valence-electron chi connectivity index (χ4n) is 2.51. The second-order valence-electron chi connectivity index (χ2n) is 5.40. The van der Waals surface area contributed by atoms with Crippen LogP contribution in [0, 0.1) is 0 Å². The highest BCUT2D eigenvalue weighted by molar-refractivity contribution is 6.34. The normalized spacial score (nSPS) is 10.7. The quantitative estimate of drug-likeness (QED) is 0.623. The summed E-state index contributed by atoms with van der Waals surface area (Å²) in [5.74, 6) is -0.166. The van der Waals surface area contributed by atoms with E-state index in [1.807, 2.05) is 30.3 Å². The fourth-order valence-corrected chi connectivity index (χ4v) is 3.03. The molecule has 0 saturated carbocycles. The molecule has 0 fully saturated rings. The molecule has 0 radical (unpaired) electrons. The summed E-state index contributed by atoms with van der Waals surface area (Å²) in [5, 5.41) is 5.09. The Bertz CT molecular complexity index is 976. The van der Waals surface area contributed by atoms with Gasteiger partial charge < -0.3 is 4.74 Å². The summed E-state index contributed by atoms with van der Waals surface area (Å²) < 4.78 is 7.34. The average molecular weight is 392 g/mol. The van der Waals surface area contributed by atoms with Crippen molar-refractivity contribution >= 4 is 29.2 Å². The third kappa shape index (κ3) is 3.81. The number of hydrogen-bond acceptors (Lipinski definition) is 4. The Hall–Kier alpha value is -2.57. The van der Waals surface area contributed by atoms with Gasteiger partial charge in [-0.05, 0) is 25.1 Å². The predicted molar refractivity (Wildman–Crippen MR) is 99.9 cm³/mol. The van der Waals surface area contributed by atoms with Crippen LogP contribution in [0.2, 0.25) is 10.0 Å². The zero-order chi connectivity index (χ0) is 18.7. The van der Waals surface area contributed by atoms with E-state index in [-0.39, 0.29) is 13.2 Å². The lowest BCUT2D eigenvalue weighted by atomic mass is 10.2. The summed E-state index contributed by atoms with van der Waals surface area (Å²) >= 11 is 12.2. The summed E-state index contributed by atoms with van der Waals surface area (Å²) in [6.45, 7) is 1.64. The van der Waals surface area contributed by atoms with Gasteiger partial charge in [0, 0.05) is 15.6 Å². The molecule has 8 heteroatoms. The van der Waals surface area contributed by atoms with Crippen LogP contribution < -0.4 is 5.69 Å². The van der Waals surface area contributed by atoms with Crippen LogP contribution in [-0.2, 0) is 16.1 Å². The van der Waals surface area contributed by atoms with E-state index >= 15 is 0 Å². The van der Waals surface area contributed by atoms with Crippen LogP contribution in [0.3, 0.4) is 0 Å². The number of esters is 1. The molecular weight excluding hydrogens is 377 g/mol. The van der Waals surface area contributed by atoms with Gasteiger partial charge in [-0.25, -0.2) is 14.0 Å². The minimum absolute atomic E-state index is 0.226. The maximum absolute atomic E-state index is 12.9. The van der Waals surface area contributed by atoms with Crippen LogP contribution in [0.1, 0.15) is 6.92 Å². The summed E-state index contributed by atoms with van der Waals surface area (Å²) in [4.78, 5) is 24.7. The van der Waals surface area contributed by atoms with Gasteiger partial charge in [0.25, 0.3) is 0 Å². The van der Waals surface area contributed by atoms with E-state index < -0.39 is 11.7 Å². The largest absolute Gasteiger partial charge is 0.465 e. The van der Waals surface area contributed by atoms with Crippen molar-refractivity contribution < 1.29 is 9.53 Å². The van der Waals surface area contributed by atoms with Crippen molar-refractivity contribution in [1.82, 2.24) is 14.3 Å². The number of carbonyl (C=O) groups is 1. The minimum atomic E-state index is -0.539. The Morgan fingerprint density at radius 3 is 2.38 bits per heavy atom. The summed E-state index contributed by atoms with van der Waals surface area (Å²) in [6.07, 6.45) is 0. The molecule has 2 aromatic carbocycles. The van der Waals surface area contributed by atoms with Gasteiger partial charge in [-0.3, -0.25) is 4.79 Å². The Balaban J connectivity index is 2.19. The van der Waals surface area contributed by atoms with E-state index in [9.17, 15) is 9.59 Å². The molecule has 0 aliphatic rings. The number of nitrogens with zero attached hydrogens (tertiary/aromatic N) is 3. The lowest BCUT2D eigenvalue weighted by Crippen LogP contribution is -2.28. The third-order valence-electron chi connectivity index (χ3n) is 3.56. The molecule has 1 heterocycles. The zero-order valence-corrected chi connectivity index (χ0v) is 15.4. The molecule has 0 aliphatic carbocycles. The Morgan fingerprint density at radius 1 is 1.12 bits per heavy atom. The van der Waals surface area contributed by atoms with Crippen LogP contribution in [0.25, 0.3) is 17.1 Å². The van der Waals surface area contributed by atoms with Crippen molar-refractivity contribution in [2.75, 3.05) is 6.61 Å². The lowest BCUT2D eigenvalue weighted by Gasteiger charge is -2.07. The molecule has 0 unspecified atom stereocenters. The monoisotopic (exact) mass is 391 g/mol. The van der Waals surface area contributed by atoms with Gasteiger partial charge in [0.1, 0.15) is 6.54 Å². The van der Waals surface area contributed by atoms with E-state index in [0.29, 0.717) is 27.1 Å². The van der Waals surface area contributed by atoms with Gasteiger partial charge in [-0.2, -0.15) is 0 Å². The first-order valence-electron chi connectivity index (χ1n) is 7.87. The van der Waals surface area contributed by atoms with E-state index in [1.165, 1.54) is 4.57 Å². The maximum atomic E-state index is 12.9. The second-order valence-corrected chi connectivity index (χ2v) is 6.27. The van der Waals surface area contributed by atoms with Crippen molar-refractivity contribution in [3.63, 3.8) is 0 Å². The number of benzene rings is 2. The molecule has 0 saturated heterocycles. The van der Waals surface area contributed by atoms with Crippen molar-refractivity contribution in [1.29, 1.82) is 0 Å². The summed E-state index contributed by atoms with van der Waals surface area (Å²) in [7, 11) is 0. The fraction of sp³-hybridized carbons (Fsp3) is 0.167. The van der Waals surface area contributed by atoms with Crippen LogP contribution in [0.4, 0.5) is 0 Å². The van der Waals surface area contributed by atoms with E-state index in [1.54, 1.807) is 25.1 Å². The molecule has 0 amide bonds. The van der Waals surface area contributed by atoms with Gasteiger partial charge in [-0.1, -0.05) is 53.5 Å². The van der Waals surface area contributed by atoms with Crippen molar-refractivity contribution in [2.24, 2.45) is 0 Å². The van der Waals surface area contributed by atoms with Gasteiger partial charge in [-0.15, -0.1) is 5.10 Å². The number of aromatic nitrogens is 3. The molecule has 0 aliphatic heterocycles. The topological polar surface area (TPSA) is 66.1 Å². The van der Waals surface area contributed by atoms with Crippen molar-refractivity contribution in [2.45, 2.75) is 13.5 Å². The number of ether oxygens (including phenoxy) is 1. The number of hydrogen-bond donors (Lipinski definition) is 0. The lowest BCUT2D eigenvalue weighted by molar-refractivity contribution is -0.144. The summed E-state index contributed by atoms with van der Waals surface area (Å²) in [6, 6.07) is 14.0. The first-order chi connectivity index (χ1) is 12.5. The molecule has 1 aromatic heterocycles. The SMILES string of the molecule is CCOC(=O)Cn1nc(-c2ccccc2)n(-c2cc(Cl)cc(Cl)c2)c1=O. The minimum Gasteiger partial charge on any atom is -0.465 e. The Morgan fingerprint density at radius 2 is 1.77 bits per heavy atom. The molecule has 0 atom stereocenters. The molecule has 3 aromatic rings. The first-order valence-corrected chi connectivity index (χ1v) is 8.62. The molecule has 0 N–H and O–H groups in total. The highest BCUT2D eigenvalue weighted by Gasteiger charge is 2.19. The highest BCUT2D eigenvalue weighted by Crippen LogP contribution is 2.24. The van der Waals surface area contributed by atoms with E-state index in [2.05, 4.69) is 5.10 Å². The van der Waals surface area contributed by atoms with E-state index in [0.717, 1.165) is 4.68 Å². The number of rotatable bonds is 5. The van der Waals surface area contributed by atoms with Gasteiger partial charge >= 0.3 is 11.7 Å².